The average molecular weight is 413 g/mol. The van der Waals surface area contributed by atoms with E-state index in [9.17, 15) is 4.39 Å². The molecule has 0 saturated carbocycles. The molecule has 3 aromatic carbocycles. The Labute approximate surface area is 187 Å². The third-order valence-corrected chi connectivity index (χ3v) is 5.82. The summed E-state index contributed by atoms with van der Waals surface area (Å²) in [4.78, 5) is 0. The van der Waals surface area contributed by atoms with Crippen molar-refractivity contribution in [2.75, 3.05) is 0 Å². The van der Waals surface area contributed by atoms with Crippen LogP contribution in [0.3, 0.4) is 0 Å². The summed E-state index contributed by atoms with van der Waals surface area (Å²) in [6.07, 6.45) is 11.3. The van der Waals surface area contributed by atoms with Crippen LogP contribution in [0.15, 0.2) is 92.0 Å². The van der Waals surface area contributed by atoms with E-state index < -0.39 is 0 Å². The molecular weight excluding hydrogens is 379 g/mol. The Morgan fingerprint density at radius 3 is 1.35 bits per heavy atom. The molecule has 0 spiro atoms. The second kappa shape index (κ2) is 12.1. The van der Waals surface area contributed by atoms with Gasteiger partial charge in [0, 0.05) is 0 Å². The van der Waals surface area contributed by atoms with Crippen molar-refractivity contribution in [1.29, 1.82) is 0 Å². The molecule has 0 saturated heterocycles. The summed E-state index contributed by atoms with van der Waals surface area (Å²) >= 11 is 0. The highest BCUT2D eigenvalue weighted by atomic mass is 19.1. The first-order chi connectivity index (χ1) is 15.2. The average Bonchev–Trinajstić information content (AvgIpc) is 2.81. The normalized spacial score (nSPS) is 10.7. The van der Waals surface area contributed by atoms with Crippen LogP contribution in [0.5, 0.6) is 0 Å². The van der Waals surface area contributed by atoms with Crippen molar-refractivity contribution in [1.82, 2.24) is 0 Å². The van der Waals surface area contributed by atoms with Crippen LogP contribution in [-0.4, -0.2) is 0 Å². The van der Waals surface area contributed by atoms with Gasteiger partial charge in [-0.2, -0.15) is 0 Å². The van der Waals surface area contributed by atoms with Gasteiger partial charge in [0.15, 0.2) is 0 Å². The van der Waals surface area contributed by atoms with E-state index in [1.54, 1.807) is 6.07 Å². The van der Waals surface area contributed by atoms with Gasteiger partial charge in [-0.15, -0.1) is 13.2 Å². The van der Waals surface area contributed by atoms with Crippen molar-refractivity contribution in [3.05, 3.63) is 131 Å². The van der Waals surface area contributed by atoms with Gasteiger partial charge in [0.2, 0.25) is 0 Å². The summed E-state index contributed by atoms with van der Waals surface area (Å²) in [6.45, 7) is 7.49. The number of allylic oxidation sites excluding steroid dienone is 2. The van der Waals surface area contributed by atoms with Gasteiger partial charge in [-0.3, -0.25) is 0 Å². The van der Waals surface area contributed by atoms with Gasteiger partial charge >= 0.3 is 0 Å². The molecule has 1 heteroatoms. The summed E-state index contributed by atoms with van der Waals surface area (Å²) in [5, 5.41) is 0. The second-order valence-corrected chi connectivity index (χ2v) is 8.21. The SMILES string of the molecule is C=CCCc1ccc(CCc2ccc(CCc3ccc(CCC=C)c(F)c3)cc2)cc1. The first kappa shape index (κ1) is 22.7. The standard InChI is InChI=1S/C30H33F/c1-3-5-7-24-9-11-25(12-10-24)13-14-26-15-17-27(18-16-26)19-20-28-21-22-29(8-6-4-2)30(31)23-28/h3-4,9-12,15-18,21-23H,1-2,5-8,13-14,19-20H2. The molecule has 0 fully saturated rings. The summed E-state index contributed by atoms with van der Waals surface area (Å²) in [5.74, 6) is -0.0940. The monoisotopic (exact) mass is 412 g/mol. The lowest BCUT2D eigenvalue weighted by Crippen LogP contribution is -1.96. The molecule has 0 radical (unpaired) electrons. The minimum atomic E-state index is -0.0940. The van der Waals surface area contributed by atoms with Crippen LogP contribution >= 0.6 is 0 Å². The van der Waals surface area contributed by atoms with E-state index >= 15 is 0 Å². The highest BCUT2D eigenvalue weighted by Gasteiger charge is 2.04. The Morgan fingerprint density at radius 1 is 0.516 bits per heavy atom. The van der Waals surface area contributed by atoms with Crippen LogP contribution in [0.2, 0.25) is 0 Å². The van der Waals surface area contributed by atoms with Gasteiger partial charge in [-0.05, 0) is 90.8 Å². The molecule has 0 bridgehead atoms. The Balaban J connectivity index is 1.47. The number of hydrogen-bond acceptors (Lipinski definition) is 0. The Morgan fingerprint density at radius 2 is 0.903 bits per heavy atom. The van der Waals surface area contributed by atoms with Crippen LogP contribution in [0.4, 0.5) is 4.39 Å². The van der Waals surface area contributed by atoms with Crippen LogP contribution < -0.4 is 0 Å². The highest BCUT2D eigenvalue weighted by molar-refractivity contribution is 5.29. The Bertz CT molecular complexity index is 964. The van der Waals surface area contributed by atoms with E-state index in [-0.39, 0.29) is 5.82 Å². The van der Waals surface area contributed by atoms with E-state index in [0.717, 1.165) is 62.5 Å². The van der Waals surface area contributed by atoms with Crippen LogP contribution in [-0.2, 0) is 38.5 Å². The highest BCUT2D eigenvalue weighted by Crippen LogP contribution is 2.16. The molecule has 160 valence electrons. The zero-order valence-corrected chi connectivity index (χ0v) is 18.5. The number of benzene rings is 3. The quantitative estimate of drug-likeness (QED) is 0.268. The van der Waals surface area contributed by atoms with E-state index in [1.165, 1.54) is 22.3 Å². The van der Waals surface area contributed by atoms with Crippen molar-refractivity contribution >= 4 is 0 Å². The minimum absolute atomic E-state index is 0.0940. The zero-order chi connectivity index (χ0) is 21.9. The summed E-state index contributed by atoms with van der Waals surface area (Å²) < 4.78 is 14.2. The van der Waals surface area contributed by atoms with Gasteiger partial charge in [0.25, 0.3) is 0 Å². The Kier molecular flexibility index (Phi) is 8.84. The van der Waals surface area contributed by atoms with Crippen molar-refractivity contribution in [3.8, 4) is 0 Å². The van der Waals surface area contributed by atoms with Crippen molar-refractivity contribution in [2.45, 2.75) is 51.4 Å². The lowest BCUT2D eigenvalue weighted by atomic mass is 9.98. The third kappa shape index (κ3) is 7.36. The molecule has 0 heterocycles. The largest absolute Gasteiger partial charge is 0.207 e. The van der Waals surface area contributed by atoms with Gasteiger partial charge in [0.1, 0.15) is 5.82 Å². The molecule has 0 aromatic heterocycles. The molecule has 0 atom stereocenters. The molecule has 0 nitrogen and oxygen atoms in total. The summed E-state index contributed by atoms with van der Waals surface area (Å²) in [7, 11) is 0. The van der Waals surface area contributed by atoms with E-state index in [1.807, 2.05) is 18.2 Å². The summed E-state index contributed by atoms with van der Waals surface area (Å²) in [5.41, 5.74) is 7.24. The molecule has 0 N–H and O–H groups in total. The van der Waals surface area contributed by atoms with E-state index in [0.29, 0.717) is 0 Å². The number of halogens is 1. The fourth-order valence-electron chi connectivity index (χ4n) is 3.80. The first-order valence-corrected chi connectivity index (χ1v) is 11.3. The molecule has 3 aromatic rings. The molecule has 0 amide bonds. The fourth-order valence-corrected chi connectivity index (χ4v) is 3.80. The van der Waals surface area contributed by atoms with Crippen LogP contribution in [0.1, 0.15) is 46.2 Å². The maximum Gasteiger partial charge on any atom is 0.126 e. The summed E-state index contributed by atoms with van der Waals surface area (Å²) in [6, 6.07) is 23.5. The zero-order valence-electron chi connectivity index (χ0n) is 18.5. The molecular formula is C30H33F. The molecule has 0 unspecified atom stereocenters. The van der Waals surface area contributed by atoms with E-state index in [2.05, 4.69) is 67.8 Å². The van der Waals surface area contributed by atoms with Crippen molar-refractivity contribution in [2.24, 2.45) is 0 Å². The van der Waals surface area contributed by atoms with Gasteiger partial charge in [0.05, 0.1) is 0 Å². The molecule has 0 aliphatic heterocycles. The molecule has 0 aliphatic carbocycles. The Hall–Kier alpha value is -2.93. The predicted molar refractivity (Wildman–Crippen MR) is 131 cm³/mol. The van der Waals surface area contributed by atoms with Crippen LogP contribution in [0, 0.1) is 5.82 Å². The third-order valence-electron chi connectivity index (χ3n) is 5.82. The second-order valence-electron chi connectivity index (χ2n) is 8.21. The maximum atomic E-state index is 14.2. The lowest BCUT2D eigenvalue weighted by Gasteiger charge is -2.08. The van der Waals surface area contributed by atoms with Gasteiger partial charge in [-0.1, -0.05) is 72.8 Å². The van der Waals surface area contributed by atoms with Gasteiger partial charge < -0.3 is 0 Å². The first-order valence-electron chi connectivity index (χ1n) is 11.3. The van der Waals surface area contributed by atoms with Crippen molar-refractivity contribution in [3.63, 3.8) is 0 Å². The predicted octanol–water partition coefficient (Wildman–Crippen LogP) is 7.63. The van der Waals surface area contributed by atoms with E-state index in [4.69, 9.17) is 0 Å². The van der Waals surface area contributed by atoms with Crippen molar-refractivity contribution < 1.29 is 4.39 Å². The number of aryl methyl sites for hydroxylation is 6. The maximum absolute atomic E-state index is 14.2. The number of hydrogen-bond donors (Lipinski definition) is 0. The number of rotatable bonds is 12. The lowest BCUT2D eigenvalue weighted by molar-refractivity contribution is 0.607. The van der Waals surface area contributed by atoms with Gasteiger partial charge in [-0.25, -0.2) is 4.39 Å². The fraction of sp³-hybridized carbons (Fsp3) is 0.267. The smallest absolute Gasteiger partial charge is 0.126 e. The molecule has 0 aliphatic rings. The minimum Gasteiger partial charge on any atom is -0.207 e. The molecule has 3 rings (SSSR count). The molecule has 31 heavy (non-hydrogen) atoms. The van der Waals surface area contributed by atoms with Crippen LogP contribution in [0.25, 0.3) is 0 Å². The topological polar surface area (TPSA) is 0 Å².